The fourth-order valence-corrected chi connectivity index (χ4v) is 5.80. The molecule has 120 valence electrons. The smallest absolute Gasteiger partial charge is 0.406 e. The molecule has 0 saturated heterocycles. The molecule has 1 saturated carbocycles. The molecule has 0 aromatic heterocycles. The summed E-state index contributed by atoms with van der Waals surface area (Å²) < 4.78 is 50.5. The quantitative estimate of drug-likeness (QED) is 0.293. The Morgan fingerprint density at radius 2 is 1.95 bits per heavy atom. The SMILES string of the molecule is COc1ccccc1S(=O)(=O)C(=[N+]=[N-])C1(S(=O)O)CCCC1. The van der Waals surface area contributed by atoms with Gasteiger partial charge < -0.3 is 14.8 Å². The van der Waals surface area contributed by atoms with Gasteiger partial charge in [-0.15, -0.1) is 0 Å². The second-order valence-electron chi connectivity index (χ2n) is 5.01. The van der Waals surface area contributed by atoms with Gasteiger partial charge in [0, 0.05) is 0 Å². The topological polar surface area (TPSA) is 117 Å². The summed E-state index contributed by atoms with van der Waals surface area (Å²) in [5.74, 6) is 0.0838. The molecule has 9 heteroatoms. The second-order valence-corrected chi connectivity index (χ2v) is 8.12. The highest BCUT2D eigenvalue weighted by Crippen LogP contribution is 2.39. The van der Waals surface area contributed by atoms with Crippen molar-refractivity contribution in [2.75, 3.05) is 7.11 Å². The molecular formula is C13H16N2O5S2. The van der Waals surface area contributed by atoms with E-state index in [4.69, 9.17) is 4.74 Å². The molecule has 7 nitrogen and oxygen atoms in total. The molecule has 1 aliphatic rings. The fraction of sp³-hybridized carbons (Fsp3) is 0.462. The maximum atomic E-state index is 12.8. The van der Waals surface area contributed by atoms with Crippen LogP contribution in [0.4, 0.5) is 0 Å². The molecule has 0 spiro atoms. The first-order valence-corrected chi connectivity index (χ1v) is 9.21. The van der Waals surface area contributed by atoms with Crippen LogP contribution < -0.4 is 4.74 Å². The van der Waals surface area contributed by atoms with Crippen LogP contribution in [0.3, 0.4) is 0 Å². The van der Waals surface area contributed by atoms with E-state index < -0.39 is 30.7 Å². The van der Waals surface area contributed by atoms with Crippen molar-refractivity contribution in [2.24, 2.45) is 0 Å². The zero-order chi connectivity index (χ0) is 16.4. The van der Waals surface area contributed by atoms with Gasteiger partial charge in [-0.3, -0.25) is 0 Å². The molecule has 2 rings (SSSR count). The van der Waals surface area contributed by atoms with Gasteiger partial charge in [0.2, 0.25) is 0 Å². The molecule has 0 amide bonds. The predicted molar refractivity (Wildman–Crippen MR) is 80.8 cm³/mol. The summed E-state index contributed by atoms with van der Waals surface area (Å²) in [5, 5.41) is -0.678. The zero-order valence-corrected chi connectivity index (χ0v) is 13.6. The van der Waals surface area contributed by atoms with E-state index >= 15 is 0 Å². The fourth-order valence-electron chi connectivity index (χ4n) is 2.74. The Hall–Kier alpha value is -1.54. The number of rotatable bonds is 4. The minimum Gasteiger partial charge on any atom is -0.495 e. The van der Waals surface area contributed by atoms with Crippen LogP contribution in [-0.2, 0) is 20.9 Å². The van der Waals surface area contributed by atoms with E-state index in [0.717, 1.165) is 0 Å². The molecule has 0 bridgehead atoms. The maximum Gasteiger partial charge on any atom is 0.406 e. The van der Waals surface area contributed by atoms with E-state index in [1.54, 1.807) is 6.07 Å². The minimum absolute atomic E-state index is 0.0838. The third-order valence-corrected chi connectivity index (χ3v) is 7.14. The van der Waals surface area contributed by atoms with Crippen LogP contribution >= 0.6 is 0 Å². The monoisotopic (exact) mass is 344 g/mol. The summed E-state index contributed by atoms with van der Waals surface area (Å²) in [6, 6.07) is 5.87. The average molecular weight is 344 g/mol. The van der Waals surface area contributed by atoms with Crippen LogP contribution in [-0.4, -0.2) is 38.9 Å². The van der Waals surface area contributed by atoms with Crippen molar-refractivity contribution in [3.8, 4) is 5.75 Å². The molecule has 1 unspecified atom stereocenters. The molecule has 22 heavy (non-hydrogen) atoms. The molecule has 0 radical (unpaired) electrons. The number of sulfone groups is 1. The second kappa shape index (κ2) is 6.29. The average Bonchev–Trinajstić information content (AvgIpc) is 2.98. The van der Waals surface area contributed by atoms with Gasteiger partial charge in [0.05, 0.1) is 7.11 Å². The van der Waals surface area contributed by atoms with Crippen molar-refractivity contribution in [1.82, 2.24) is 0 Å². The largest absolute Gasteiger partial charge is 0.495 e. The van der Waals surface area contributed by atoms with Crippen LogP contribution in [0.15, 0.2) is 29.2 Å². The Morgan fingerprint density at radius 3 is 2.45 bits per heavy atom. The summed E-state index contributed by atoms with van der Waals surface area (Å²) in [7, 11) is -2.94. The Labute approximate surface area is 131 Å². The summed E-state index contributed by atoms with van der Waals surface area (Å²) >= 11 is -2.47. The van der Waals surface area contributed by atoms with E-state index in [1.807, 2.05) is 0 Å². The number of nitrogens with zero attached hydrogens (tertiary/aromatic N) is 2. The van der Waals surface area contributed by atoms with E-state index in [2.05, 4.69) is 4.79 Å². The van der Waals surface area contributed by atoms with Gasteiger partial charge in [0.15, 0.2) is 15.8 Å². The highest BCUT2D eigenvalue weighted by atomic mass is 32.2. The van der Waals surface area contributed by atoms with Crippen molar-refractivity contribution < 1.29 is 26.7 Å². The van der Waals surface area contributed by atoms with Crippen LogP contribution in [0.5, 0.6) is 5.75 Å². The lowest BCUT2D eigenvalue weighted by molar-refractivity contribution is -0.00617. The van der Waals surface area contributed by atoms with E-state index in [1.165, 1.54) is 25.3 Å². The van der Waals surface area contributed by atoms with Gasteiger partial charge in [-0.05, 0) is 25.0 Å². The van der Waals surface area contributed by atoms with Gasteiger partial charge in [0.25, 0.3) is 9.84 Å². The van der Waals surface area contributed by atoms with Crippen molar-refractivity contribution >= 4 is 26.0 Å². The molecule has 0 heterocycles. The molecule has 1 fully saturated rings. The first kappa shape index (κ1) is 16.8. The van der Waals surface area contributed by atoms with Gasteiger partial charge in [0.1, 0.15) is 10.6 Å². The minimum atomic E-state index is -4.26. The summed E-state index contributed by atoms with van der Waals surface area (Å²) in [5.41, 5.74) is 9.28. The zero-order valence-electron chi connectivity index (χ0n) is 11.9. The molecule has 1 aromatic carbocycles. The van der Waals surface area contributed by atoms with Gasteiger partial charge in [-0.2, -0.15) is 4.79 Å². The van der Waals surface area contributed by atoms with Crippen molar-refractivity contribution in [3.63, 3.8) is 0 Å². The number of benzene rings is 1. The summed E-state index contributed by atoms with van der Waals surface area (Å²) in [6.45, 7) is 0. The molecule has 1 aromatic rings. The summed E-state index contributed by atoms with van der Waals surface area (Å²) in [6.07, 6.45) is 1.52. The Morgan fingerprint density at radius 1 is 1.36 bits per heavy atom. The standard InChI is InChI=1S/C13H16N2O5S2/c1-20-10-6-2-3-7-11(10)22(18,19)12(15-14)13(21(16)17)8-4-5-9-13/h2-3,6-7H,4-5,8-9H2,1H3,(H,16,17). The predicted octanol–water partition coefficient (Wildman–Crippen LogP) is 1.63. The Bertz CT molecular complexity index is 747. The van der Waals surface area contributed by atoms with Gasteiger partial charge in [-0.25, -0.2) is 12.6 Å². The third-order valence-electron chi connectivity index (χ3n) is 3.84. The van der Waals surface area contributed by atoms with Crippen LogP contribution in [0.2, 0.25) is 0 Å². The highest BCUT2D eigenvalue weighted by Gasteiger charge is 2.57. The number of hydrogen-bond donors (Lipinski definition) is 1. The van der Waals surface area contributed by atoms with Gasteiger partial charge in [-0.1, -0.05) is 25.0 Å². The third kappa shape index (κ3) is 2.61. The number of hydrogen-bond acceptors (Lipinski definition) is 4. The van der Waals surface area contributed by atoms with E-state index in [-0.39, 0.29) is 23.5 Å². The van der Waals surface area contributed by atoms with Crippen LogP contribution in [0.25, 0.3) is 5.53 Å². The number of para-hydroxylation sites is 1. The first-order valence-electron chi connectivity index (χ1n) is 6.62. The lowest BCUT2D eigenvalue weighted by Crippen LogP contribution is -2.45. The van der Waals surface area contributed by atoms with Crippen molar-refractivity contribution in [1.29, 1.82) is 0 Å². The highest BCUT2D eigenvalue weighted by molar-refractivity contribution is 8.08. The Balaban J connectivity index is 2.65. The summed E-state index contributed by atoms with van der Waals surface area (Å²) in [4.78, 5) is 2.71. The van der Waals surface area contributed by atoms with Crippen LogP contribution in [0.1, 0.15) is 25.7 Å². The number of ether oxygens (including phenoxy) is 1. The molecule has 0 aliphatic heterocycles. The van der Waals surface area contributed by atoms with Crippen molar-refractivity contribution in [2.45, 2.75) is 35.3 Å². The molecule has 1 N–H and O–H groups in total. The van der Waals surface area contributed by atoms with E-state index in [9.17, 15) is 22.7 Å². The Kier molecular flexibility index (Phi) is 4.81. The normalized spacial score (nSPS) is 18.5. The van der Waals surface area contributed by atoms with E-state index in [0.29, 0.717) is 12.8 Å². The molecule has 1 atom stereocenters. The molecular weight excluding hydrogens is 328 g/mol. The van der Waals surface area contributed by atoms with Gasteiger partial charge >= 0.3 is 5.04 Å². The number of methoxy groups -OCH3 is 1. The lowest BCUT2D eigenvalue weighted by Gasteiger charge is -2.19. The van der Waals surface area contributed by atoms with Crippen LogP contribution in [0, 0.1) is 0 Å². The van der Waals surface area contributed by atoms with Crippen molar-refractivity contribution in [3.05, 3.63) is 29.8 Å². The first-order chi connectivity index (χ1) is 10.4. The lowest BCUT2D eigenvalue weighted by atomic mass is 10.1. The molecule has 1 aliphatic carbocycles. The maximum absolute atomic E-state index is 12.8.